The van der Waals surface area contributed by atoms with Crippen LogP contribution in [0.3, 0.4) is 0 Å². The van der Waals surface area contributed by atoms with Crippen molar-refractivity contribution in [3.63, 3.8) is 0 Å². The molecule has 0 aliphatic heterocycles. The molecule has 2 rings (SSSR count). The van der Waals surface area contributed by atoms with Crippen molar-refractivity contribution in [3.8, 4) is 5.75 Å². The van der Waals surface area contributed by atoms with Crippen molar-refractivity contribution in [2.45, 2.75) is 6.61 Å². The minimum absolute atomic E-state index is 0.198. The summed E-state index contributed by atoms with van der Waals surface area (Å²) >= 11 is 3.35. The topological polar surface area (TPSA) is 9.23 Å². The van der Waals surface area contributed by atoms with E-state index in [4.69, 9.17) is 0 Å². The van der Waals surface area contributed by atoms with Crippen molar-refractivity contribution in [1.82, 2.24) is 0 Å². The Balaban J connectivity index is 2.61. The van der Waals surface area contributed by atoms with Crippen LogP contribution in [0.15, 0.2) is 40.9 Å². The predicted octanol–water partition coefficient (Wildman–Crippen LogP) is 4.20. The van der Waals surface area contributed by atoms with E-state index in [2.05, 4.69) is 20.7 Å². The molecule has 15 heavy (non-hydrogen) atoms. The SMILES string of the molecule is FC(F)Oc1ccc(Br)c2ccccc12. The van der Waals surface area contributed by atoms with Crippen LogP contribution in [-0.2, 0) is 0 Å². The quantitative estimate of drug-likeness (QED) is 0.796. The van der Waals surface area contributed by atoms with E-state index in [0.717, 1.165) is 9.86 Å². The molecule has 1 nitrogen and oxygen atoms in total. The molecule has 4 heteroatoms. The summed E-state index contributed by atoms with van der Waals surface area (Å²) in [6.07, 6.45) is 0. The van der Waals surface area contributed by atoms with Crippen LogP contribution in [0.2, 0.25) is 0 Å². The van der Waals surface area contributed by atoms with E-state index in [9.17, 15) is 8.78 Å². The highest BCUT2D eigenvalue weighted by atomic mass is 79.9. The molecule has 2 aromatic carbocycles. The van der Waals surface area contributed by atoms with Gasteiger partial charge < -0.3 is 4.74 Å². The number of hydrogen-bond acceptors (Lipinski definition) is 1. The first kappa shape index (κ1) is 10.4. The van der Waals surface area contributed by atoms with Crippen molar-refractivity contribution in [3.05, 3.63) is 40.9 Å². The summed E-state index contributed by atoms with van der Waals surface area (Å²) in [7, 11) is 0. The van der Waals surface area contributed by atoms with Crippen LogP contribution in [0.5, 0.6) is 5.75 Å². The molecule has 0 unspecified atom stereocenters. The van der Waals surface area contributed by atoms with Crippen LogP contribution in [0.4, 0.5) is 8.78 Å². The fourth-order valence-electron chi connectivity index (χ4n) is 1.43. The Bertz CT molecular complexity index is 485. The van der Waals surface area contributed by atoms with E-state index >= 15 is 0 Å². The molecule has 0 spiro atoms. The van der Waals surface area contributed by atoms with Gasteiger partial charge in [0.05, 0.1) is 0 Å². The summed E-state index contributed by atoms with van der Waals surface area (Å²) in [5.74, 6) is 0.198. The maximum absolute atomic E-state index is 12.1. The molecule has 78 valence electrons. The maximum atomic E-state index is 12.1. The average Bonchev–Trinajstić information content (AvgIpc) is 2.22. The Morgan fingerprint density at radius 1 is 1.00 bits per heavy atom. The number of rotatable bonds is 2. The average molecular weight is 273 g/mol. The van der Waals surface area contributed by atoms with Crippen molar-refractivity contribution >= 4 is 26.7 Å². The molecular weight excluding hydrogens is 266 g/mol. The van der Waals surface area contributed by atoms with Gasteiger partial charge in [-0.05, 0) is 17.5 Å². The summed E-state index contributed by atoms with van der Waals surface area (Å²) in [6, 6.07) is 10.4. The van der Waals surface area contributed by atoms with Gasteiger partial charge in [-0.3, -0.25) is 0 Å². The summed E-state index contributed by atoms with van der Waals surface area (Å²) in [4.78, 5) is 0. The Hall–Kier alpha value is -1.16. The molecule has 0 N–H and O–H groups in total. The molecule has 0 aromatic heterocycles. The second-order valence-electron chi connectivity index (χ2n) is 2.97. The van der Waals surface area contributed by atoms with Crippen molar-refractivity contribution in [2.24, 2.45) is 0 Å². The zero-order valence-corrected chi connectivity index (χ0v) is 9.17. The lowest BCUT2D eigenvalue weighted by Gasteiger charge is -2.08. The number of fused-ring (bicyclic) bond motifs is 1. The van der Waals surface area contributed by atoms with Gasteiger partial charge in [0, 0.05) is 9.86 Å². The number of halogens is 3. The van der Waals surface area contributed by atoms with Crippen LogP contribution in [0.25, 0.3) is 10.8 Å². The maximum Gasteiger partial charge on any atom is 0.387 e. The molecule has 0 fully saturated rings. The number of hydrogen-bond donors (Lipinski definition) is 0. The Kier molecular flexibility index (Phi) is 2.86. The van der Waals surface area contributed by atoms with Gasteiger partial charge in [0.25, 0.3) is 0 Å². The zero-order valence-electron chi connectivity index (χ0n) is 7.58. The largest absolute Gasteiger partial charge is 0.434 e. The first-order valence-electron chi connectivity index (χ1n) is 4.30. The minimum atomic E-state index is -2.80. The van der Waals surface area contributed by atoms with Gasteiger partial charge in [-0.1, -0.05) is 40.2 Å². The smallest absolute Gasteiger partial charge is 0.387 e. The van der Waals surface area contributed by atoms with Gasteiger partial charge in [-0.15, -0.1) is 0 Å². The Labute approximate surface area is 93.8 Å². The third-order valence-electron chi connectivity index (χ3n) is 2.05. The number of ether oxygens (including phenoxy) is 1. The standard InChI is InChI=1S/C11H7BrF2O/c12-9-5-6-10(15-11(13)14)8-4-2-1-3-7(8)9/h1-6,11H. The molecule has 0 radical (unpaired) electrons. The molecule has 0 heterocycles. The second kappa shape index (κ2) is 4.14. The lowest BCUT2D eigenvalue weighted by Crippen LogP contribution is -2.02. The number of alkyl halides is 2. The summed E-state index contributed by atoms with van der Waals surface area (Å²) in [5.41, 5.74) is 0. The van der Waals surface area contributed by atoms with Crippen LogP contribution in [0, 0.1) is 0 Å². The monoisotopic (exact) mass is 272 g/mol. The zero-order chi connectivity index (χ0) is 10.8. The van der Waals surface area contributed by atoms with Crippen molar-refractivity contribution < 1.29 is 13.5 Å². The minimum Gasteiger partial charge on any atom is -0.434 e. The van der Waals surface area contributed by atoms with Gasteiger partial charge in [-0.25, -0.2) is 0 Å². The predicted molar refractivity (Wildman–Crippen MR) is 58.3 cm³/mol. The first-order chi connectivity index (χ1) is 7.18. The third-order valence-corrected chi connectivity index (χ3v) is 2.74. The summed E-state index contributed by atoms with van der Waals surface area (Å²) < 4.78 is 29.5. The van der Waals surface area contributed by atoms with Crippen LogP contribution < -0.4 is 4.74 Å². The van der Waals surface area contributed by atoms with E-state index in [1.165, 1.54) is 6.07 Å². The Morgan fingerprint density at radius 3 is 2.33 bits per heavy atom. The van der Waals surface area contributed by atoms with E-state index in [0.29, 0.717) is 5.39 Å². The second-order valence-corrected chi connectivity index (χ2v) is 3.82. The molecule has 0 amide bonds. The van der Waals surface area contributed by atoms with Gasteiger partial charge in [0.1, 0.15) is 5.75 Å². The molecule has 0 bridgehead atoms. The molecule has 0 aliphatic rings. The highest BCUT2D eigenvalue weighted by Crippen LogP contribution is 2.32. The summed E-state index contributed by atoms with van der Waals surface area (Å²) in [5, 5.41) is 1.53. The van der Waals surface area contributed by atoms with Gasteiger partial charge in [0.15, 0.2) is 0 Å². The molecule has 0 saturated heterocycles. The lowest BCUT2D eigenvalue weighted by atomic mass is 10.1. The fourth-order valence-corrected chi connectivity index (χ4v) is 1.91. The van der Waals surface area contributed by atoms with Crippen molar-refractivity contribution in [1.29, 1.82) is 0 Å². The summed E-state index contributed by atoms with van der Waals surface area (Å²) in [6.45, 7) is -2.80. The van der Waals surface area contributed by atoms with E-state index < -0.39 is 6.61 Å². The molecule has 0 saturated carbocycles. The number of benzene rings is 2. The normalized spacial score (nSPS) is 10.9. The van der Waals surface area contributed by atoms with Gasteiger partial charge in [-0.2, -0.15) is 8.78 Å². The van der Waals surface area contributed by atoms with Crippen molar-refractivity contribution in [2.75, 3.05) is 0 Å². The van der Waals surface area contributed by atoms with Crippen LogP contribution in [-0.4, -0.2) is 6.61 Å². The highest BCUT2D eigenvalue weighted by molar-refractivity contribution is 9.10. The molecule has 0 aliphatic carbocycles. The lowest BCUT2D eigenvalue weighted by molar-refractivity contribution is -0.0487. The van der Waals surface area contributed by atoms with Gasteiger partial charge in [0.2, 0.25) is 0 Å². The Morgan fingerprint density at radius 2 is 1.67 bits per heavy atom. The van der Waals surface area contributed by atoms with Crippen LogP contribution >= 0.6 is 15.9 Å². The molecule has 2 aromatic rings. The fraction of sp³-hybridized carbons (Fsp3) is 0.0909. The third kappa shape index (κ3) is 2.09. The molecular formula is C11H7BrF2O. The van der Waals surface area contributed by atoms with E-state index in [1.54, 1.807) is 18.2 Å². The van der Waals surface area contributed by atoms with E-state index in [1.807, 2.05) is 12.1 Å². The van der Waals surface area contributed by atoms with Crippen LogP contribution in [0.1, 0.15) is 0 Å². The molecule has 0 atom stereocenters. The van der Waals surface area contributed by atoms with Gasteiger partial charge >= 0.3 is 6.61 Å². The first-order valence-corrected chi connectivity index (χ1v) is 5.10. The van der Waals surface area contributed by atoms with E-state index in [-0.39, 0.29) is 5.75 Å². The highest BCUT2D eigenvalue weighted by Gasteiger charge is 2.09.